The molecule has 9 nitrogen and oxygen atoms in total. The molecule has 0 saturated carbocycles. The first-order valence-electron chi connectivity index (χ1n) is 9.74. The lowest BCUT2D eigenvalue weighted by atomic mass is 10.0. The molecule has 1 aromatic carbocycles. The van der Waals surface area contributed by atoms with Gasteiger partial charge in [-0.05, 0) is 24.2 Å². The highest BCUT2D eigenvalue weighted by atomic mass is 16.5. The maximum Gasteiger partial charge on any atom is 0.288 e. The van der Waals surface area contributed by atoms with Crippen molar-refractivity contribution < 1.29 is 9.47 Å². The van der Waals surface area contributed by atoms with Crippen molar-refractivity contribution in [2.75, 3.05) is 38.7 Å². The number of hydrogen-bond donors (Lipinski definition) is 2. The molecule has 1 fully saturated rings. The molecular formula is C21H23N7O2. The molecule has 1 atom stereocenters. The number of hydrogen-bond acceptors (Lipinski definition) is 7. The molecule has 1 aliphatic heterocycles. The third-order valence-corrected chi connectivity index (χ3v) is 5.07. The summed E-state index contributed by atoms with van der Waals surface area (Å²) in [5.74, 6) is 2.10. The highest BCUT2D eigenvalue weighted by Gasteiger charge is 2.22. The van der Waals surface area contributed by atoms with E-state index in [1.54, 1.807) is 7.11 Å². The van der Waals surface area contributed by atoms with Crippen molar-refractivity contribution in [3.8, 4) is 17.0 Å². The second kappa shape index (κ2) is 8.90. The van der Waals surface area contributed by atoms with Crippen molar-refractivity contribution in [2.24, 2.45) is 0 Å². The summed E-state index contributed by atoms with van der Waals surface area (Å²) in [7, 11) is 1.66. The summed E-state index contributed by atoms with van der Waals surface area (Å²) in [5.41, 5.74) is 2.81. The van der Waals surface area contributed by atoms with E-state index >= 15 is 0 Å². The Morgan fingerprint density at radius 2 is 2.20 bits per heavy atom. The molecule has 154 valence electrons. The zero-order valence-corrected chi connectivity index (χ0v) is 16.9. The van der Waals surface area contributed by atoms with Crippen LogP contribution >= 0.6 is 0 Å². The first kappa shape index (κ1) is 19.8. The molecule has 0 bridgehead atoms. The Kier molecular flexibility index (Phi) is 5.88. The van der Waals surface area contributed by atoms with Crippen LogP contribution in [0.4, 0.5) is 17.5 Å². The van der Waals surface area contributed by atoms with E-state index in [4.69, 9.17) is 16.0 Å². The fourth-order valence-corrected chi connectivity index (χ4v) is 3.42. The van der Waals surface area contributed by atoms with Gasteiger partial charge in [0.15, 0.2) is 17.8 Å². The van der Waals surface area contributed by atoms with E-state index in [2.05, 4.69) is 48.2 Å². The number of morpholine rings is 1. The first-order chi connectivity index (χ1) is 14.7. The van der Waals surface area contributed by atoms with Crippen LogP contribution in [0.1, 0.15) is 18.6 Å². The van der Waals surface area contributed by atoms with Crippen molar-refractivity contribution in [1.82, 2.24) is 25.1 Å². The summed E-state index contributed by atoms with van der Waals surface area (Å²) in [4.78, 5) is 13.8. The van der Waals surface area contributed by atoms with Crippen molar-refractivity contribution in [1.29, 1.82) is 0 Å². The van der Waals surface area contributed by atoms with Crippen LogP contribution in [0.3, 0.4) is 0 Å². The summed E-state index contributed by atoms with van der Waals surface area (Å²) < 4.78 is 11.6. The molecule has 4 rings (SSSR count). The van der Waals surface area contributed by atoms with Crippen molar-refractivity contribution >= 4 is 17.5 Å². The van der Waals surface area contributed by atoms with Gasteiger partial charge in [0.2, 0.25) is 0 Å². The van der Waals surface area contributed by atoms with Gasteiger partial charge in [0.25, 0.3) is 5.82 Å². The summed E-state index contributed by atoms with van der Waals surface area (Å²) in [6.45, 7) is 12.7. The Labute approximate surface area is 174 Å². The first-order valence-corrected chi connectivity index (χ1v) is 9.74. The van der Waals surface area contributed by atoms with Gasteiger partial charge in [0, 0.05) is 24.7 Å². The average Bonchev–Trinajstić information content (AvgIpc) is 3.27. The fourth-order valence-electron chi connectivity index (χ4n) is 3.42. The predicted octanol–water partition coefficient (Wildman–Crippen LogP) is 3.56. The number of H-pyrrole nitrogens is 1. The molecule has 2 N–H and O–H groups in total. The highest BCUT2D eigenvalue weighted by Crippen LogP contribution is 2.34. The number of anilines is 2. The lowest BCUT2D eigenvalue weighted by molar-refractivity contribution is -0.0282. The maximum absolute atomic E-state index is 6.94. The van der Waals surface area contributed by atoms with E-state index in [0.717, 1.165) is 48.8 Å². The van der Waals surface area contributed by atoms with Gasteiger partial charge in [-0.2, -0.15) is 5.10 Å². The SMILES string of the molecule is [C-]#[N+]c1cnc(Nc2cc(-c3ccc([C@H]4CN(CC)CCO4)cc3OC)[nH]n2)cn1. The zero-order chi connectivity index (χ0) is 20.9. The van der Waals surface area contributed by atoms with Gasteiger partial charge in [0.1, 0.15) is 5.75 Å². The molecule has 30 heavy (non-hydrogen) atoms. The van der Waals surface area contributed by atoms with Crippen LogP contribution in [0.25, 0.3) is 16.1 Å². The Hall–Kier alpha value is -3.48. The second-order valence-corrected chi connectivity index (χ2v) is 6.88. The minimum atomic E-state index is 0.0395. The standard InChI is InChI=1S/C21H23N7O2/c1-4-28-7-8-30-18(13-28)14-5-6-15(17(9-14)29-3)16-10-19(27-26-16)25-21-12-23-20(22-2)11-24-21/h5-6,9-12,18H,4,7-8,13H2,1,3H3,(H2,24,25,26,27)/t18-/m1/s1. The smallest absolute Gasteiger partial charge is 0.288 e. The van der Waals surface area contributed by atoms with E-state index in [1.165, 1.54) is 12.4 Å². The molecule has 0 aliphatic carbocycles. The van der Waals surface area contributed by atoms with E-state index < -0.39 is 0 Å². The van der Waals surface area contributed by atoms with Gasteiger partial charge in [-0.15, -0.1) is 4.98 Å². The second-order valence-electron chi connectivity index (χ2n) is 6.88. The third-order valence-electron chi connectivity index (χ3n) is 5.07. The molecule has 3 aromatic rings. The van der Waals surface area contributed by atoms with Crippen LogP contribution in [0.15, 0.2) is 36.7 Å². The Bertz CT molecular complexity index is 1040. The molecule has 2 aromatic heterocycles. The van der Waals surface area contributed by atoms with Crippen molar-refractivity contribution in [3.05, 3.63) is 53.6 Å². The molecule has 3 heterocycles. The van der Waals surface area contributed by atoms with Gasteiger partial charge in [0.05, 0.1) is 31.7 Å². The van der Waals surface area contributed by atoms with E-state index in [1.807, 2.05) is 18.2 Å². The molecule has 1 aliphatic rings. The Morgan fingerprint density at radius 3 is 2.93 bits per heavy atom. The molecule has 0 unspecified atom stereocenters. The van der Waals surface area contributed by atoms with Crippen molar-refractivity contribution in [3.63, 3.8) is 0 Å². The molecule has 1 saturated heterocycles. The van der Waals surface area contributed by atoms with E-state index in [9.17, 15) is 0 Å². The van der Waals surface area contributed by atoms with Crippen LogP contribution in [0, 0.1) is 6.57 Å². The van der Waals surface area contributed by atoms with Crippen LogP contribution in [-0.4, -0.2) is 58.4 Å². The van der Waals surface area contributed by atoms with Gasteiger partial charge >= 0.3 is 0 Å². The minimum absolute atomic E-state index is 0.0395. The van der Waals surface area contributed by atoms with E-state index in [0.29, 0.717) is 11.6 Å². The molecular weight excluding hydrogens is 382 g/mol. The Morgan fingerprint density at radius 1 is 1.30 bits per heavy atom. The van der Waals surface area contributed by atoms with Crippen LogP contribution in [-0.2, 0) is 4.74 Å². The number of aromatic nitrogens is 4. The summed E-state index contributed by atoms with van der Waals surface area (Å²) in [6, 6.07) is 7.99. The largest absolute Gasteiger partial charge is 0.496 e. The number of nitrogens with one attached hydrogen (secondary N) is 2. The maximum atomic E-state index is 6.94. The number of ether oxygens (including phenoxy) is 2. The summed E-state index contributed by atoms with van der Waals surface area (Å²) >= 11 is 0. The lowest BCUT2D eigenvalue weighted by Gasteiger charge is -2.32. The van der Waals surface area contributed by atoms with Gasteiger partial charge in [-0.25, -0.2) is 4.98 Å². The quantitative estimate of drug-likeness (QED) is 0.606. The number of nitrogens with zero attached hydrogens (tertiary/aromatic N) is 5. The number of aromatic amines is 1. The predicted molar refractivity (Wildman–Crippen MR) is 113 cm³/mol. The normalized spacial score (nSPS) is 16.8. The minimum Gasteiger partial charge on any atom is -0.496 e. The summed E-state index contributed by atoms with van der Waals surface area (Å²) in [6.07, 6.45) is 2.95. The van der Waals surface area contributed by atoms with Gasteiger partial charge in [-0.3, -0.25) is 10.00 Å². The number of likely N-dealkylation sites (N-methyl/N-ethyl adjacent to an activating group) is 1. The molecule has 0 radical (unpaired) electrons. The van der Waals surface area contributed by atoms with Crippen LogP contribution in [0.2, 0.25) is 0 Å². The number of benzene rings is 1. The summed E-state index contributed by atoms with van der Waals surface area (Å²) in [5, 5.41) is 10.4. The average molecular weight is 405 g/mol. The lowest BCUT2D eigenvalue weighted by Crippen LogP contribution is -2.38. The molecule has 0 amide bonds. The Balaban J connectivity index is 1.53. The van der Waals surface area contributed by atoms with Crippen LogP contribution in [0.5, 0.6) is 5.75 Å². The van der Waals surface area contributed by atoms with Crippen LogP contribution < -0.4 is 10.1 Å². The van der Waals surface area contributed by atoms with Crippen molar-refractivity contribution in [2.45, 2.75) is 13.0 Å². The fraction of sp³-hybridized carbons (Fsp3) is 0.333. The van der Waals surface area contributed by atoms with Gasteiger partial charge in [-0.1, -0.05) is 19.6 Å². The topological polar surface area (TPSA) is 92.6 Å². The molecule has 9 heteroatoms. The van der Waals surface area contributed by atoms with Gasteiger partial charge < -0.3 is 19.6 Å². The van der Waals surface area contributed by atoms with E-state index in [-0.39, 0.29) is 11.9 Å². The third kappa shape index (κ3) is 4.25. The zero-order valence-electron chi connectivity index (χ0n) is 16.9. The number of methoxy groups -OCH3 is 1. The molecule has 0 spiro atoms. The monoisotopic (exact) mass is 405 g/mol. The highest BCUT2D eigenvalue weighted by molar-refractivity contribution is 5.71. The number of rotatable bonds is 6.